The third kappa shape index (κ3) is 4.12. The minimum absolute atomic E-state index is 0.848. The minimum atomic E-state index is 0.848. The first kappa shape index (κ1) is 11.0. The lowest BCUT2D eigenvalue weighted by molar-refractivity contribution is 0.156. The molecule has 0 bridgehead atoms. The summed E-state index contributed by atoms with van der Waals surface area (Å²) in [5, 5.41) is 0. The molecule has 0 aromatic carbocycles. The fraction of sp³-hybridized carbons (Fsp3) is 1.00. The standard InChI is InChI=1S/C12H25N/c1-11(2)7-6-10-13-9-5-4-8-12(13)3/h11-12H,4-10H2,1-3H3. The highest BCUT2D eigenvalue weighted by Crippen LogP contribution is 2.17. The molecule has 1 heteroatoms. The van der Waals surface area contributed by atoms with Gasteiger partial charge in [0.25, 0.3) is 0 Å². The summed E-state index contributed by atoms with van der Waals surface area (Å²) in [4.78, 5) is 2.67. The molecule has 1 nitrogen and oxygen atoms in total. The van der Waals surface area contributed by atoms with E-state index >= 15 is 0 Å². The molecule has 0 aromatic heterocycles. The quantitative estimate of drug-likeness (QED) is 0.646. The summed E-state index contributed by atoms with van der Waals surface area (Å²) >= 11 is 0. The number of likely N-dealkylation sites (tertiary alicyclic amines) is 1. The second-order valence-electron chi connectivity index (χ2n) is 4.92. The lowest BCUT2D eigenvalue weighted by atomic mass is 10.0. The van der Waals surface area contributed by atoms with E-state index in [1.807, 2.05) is 0 Å². The molecule has 0 N–H and O–H groups in total. The molecule has 0 aromatic rings. The number of piperidine rings is 1. The predicted molar refractivity (Wildman–Crippen MR) is 59.0 cm³/mol. The zero-order chi connectivity index (χ0) is 9.68. The van der Waals surface area contributed by atoms with Crippen molar-refractivity contribution < 1.29 is 0 Å². The maximum absolute atomic E-state index is 2.67. The molecule has 0 amide bonds. The summed E-state index contributed by atoms with van der Waals surface area (Å²) in [5.41, 5.74) is 0. The molecule has 1 fully saturated rings. The van der Waals surface area contributed by atoms with Crippen molar-refractivity contribution >= 4 is 0 Å². The molecule has 13 heavy (non-hydrogen) atoms. The first-order valence-corrected chi connectivity index (χ1v) is 5.94. The Labute approximate surface area is 83.5 Å². The molecule has 1 atom stereocenters. The Bertz CT molecular complexity index is 131. The molecule has 0 aliphatic carbocycles. The van der Waals surface area contributed by atoms with Gasteiger partial charge in [-0.2, -0.15) is 0 Å². The molecule has 0 radical (unpaired) electrons. The van der Waals surface area contributed by atoms with Crippen molar-refractivity contribution in [3.05, 3.63) is 0 Å². The van der Waals surface area contributed by atoms with E-state index in [9.17, 15) is 0 Å². The van der Waals surface area contributed by atoms with Crippen LogP contribution in [0.4, 0.5) is 0 Å². The molecule has 1 saturated heterocycles. The molecule has 1 rings (SSSR count). The van der Waals surface area contributed by atoms with Gasteiger partial charge in [0.05, 0.1) is 0 Å². The molecule has 0 saturated carbocycles. The van der Waals surface area contributed by atoms with Gasteiger partial charge < -0.3 is 4.90 Å². The van der Waals surface area contributed by atoms with Crippen LogP contribution in [0.15, 0.2) is 0 Å². The highest BCUT2D eigenvalue weighted by atomic mass is 15.1. The second-order valence-corrected chi connectivity index (χ2v) is 4.92. The van der Waals surface area contributed by atoms with Gasteiger partial charge in [0.1, 0.15) is 0 Å². The van der Waals surface area contributed by atoms with E-state index in [4.69, 9.17) is 0 Å². The first-order valence-electron chi connectivity index (χ1n) is 5.94. The Morgan fingerprint density at radius 3 is 2.69 bits per heavy atom. The van der Waals surface area contributed by atoms with Crippen LogP contribution in [0, 0.1) is 5.92 Å². The number of rotatable bonds is 4. The van der Waals surface area contributed by atoms with Crippen molar-refractivity contribution in [1.29, 1.82) is 0 Å². The molecule has 1 heterocycles. The number of nitrogens with zero attached hydrogens (tertiary/aromatic N) is 1. The van der Waals surface area contributed by atoms with E-state index in [1.54, 1.807) is 0 Å². The Balaban J connectivity index is 2.11. The minimum Gasteiger partial charge on any atom is -0.301 e. The molecule has 1 unspecified atom stereocenters. The lowest BCUT2D eigenvalue weighted by Gasteiger charge is -2.33. The van der Waals surface area contributed by atoms with Crippen LogP contribution in [0.5, 0.6) is 0 Å². The van der Waals surface area contributed by atoms with Crippen molar-refractivity contribution in [2.45, 2.75) is 58.9 Å². The van der Waals surface area contributed by atoms with Crippen LogP contribution in [-0.2, 0) is 0 Å². The number of hydrogen-bond donors (Lipinski definition) is 0. The van der Waals surface area contributed by atoms with Gasteiger partial charge in [0.2, 0.25) is 0 Å². The molecular formula is C12H25N. The highest BCUT2D eigenvalue weighted by molar-refractivity contribution is 4.72. The Hall–Kier alpha value is -0.0400. The Morgan fingerprint density at radius 2 is 2.08 bits per heavy atom. The first-order chi connectivity index (χ1) is 6.20. The SMILES string of the molecule is CC(C)CCCN1CCCCC1C. The summed E-state index contributed by atoms with van der Waals surface area (Å²) in [6.07, 6.45) is 7.07. The van der Waals surface area contributed by atoms with Crippen LogP contribution in [0.3, 0.4) is 0 Å². The van der Waals surface area contributed by atoms with E-state index in [0.717, 1.165) is 12.0 Å². The normalized spacial score (nSPS) is 25.4. The molecule has 0 spiro atoms. The molecule has 1 aliphatic heterocycles. The van der Waals surface area contributed by atoms with E-state index < -0.39 is 0 Å². The summed E-state index contributed by atoms with van der Waals surface area (Å²) in [6, 6.07) is 0.848. The van der Waals surface area contributed by atoms with Gasteiger partial charge in [0.15, 0.2) is 0 Å². The van der Waals surface area contributed by atoms with Crippen LogP contribution < -0.4 is 0 Å². The van der Waals surface area contributed by atoms with Crippen molar-refractivity contribution in [3.63, 3.8) is 0 Å². The van der Waals surface area contributed by atoms with Crippen LogP contribution in [-0.4, -0.2) is 24.0 Å². The Kier molecular flexibility index (Phi) is 4.79. The average molecular weight is 183 g/mol. The average Bonchev–Trinajstić information content (AvgIpc) is 2.08. The van der Waals surface area contributed by atoms with E-state index in [2.05, 4.69) is 25.7 Å². The fourth-order valence-electron chi connectivity index (χ4n) is 2.19. The van der Waals surface area contributed by atoms with E-state index in [0.29, 0.717) is 0 Å². The monoisotopic (exact) mass is 183 g/mol. The zero-order valence-corrected chi connectivity index (χ0v) is 9.55. The predicted octanol–water partition coefficient (Wildman–Crippen LogP) is 3.30. The topological polar surface area (TPSA) is 3.24 Å². The third-order valence-corrected chi connectivity index (χ3v) is 3.17. The number of hydrogen-bond acceptors (Lipinski definition) is 1. The van der Waals surface area contributed by atoms with Crippen LogP contribution in [0.1, 0.15) is 52.9 Å². The third-order valence-electron chi connectivity index (χ3n) is 3.17. The lowest BCUT2D eigenvalue weighted by Crippen LogP contribution is -2.38. The smallest absolute Gasteiger partial charge is 0.00669 e. The van der Waals surface area contributed by atoms with Crippen LogP contribution in [0.2, 0.25) is 0 Å². The molecule has 1 aliphatic rings. The van der Waals surface area contributed by atoms with Gasteiger partial charge >= 0.3 is 0 Å². The van der Waals surface area contributed by atoms with Gasteiger partial charge in [-0.05, 0) is 51.6 Å². The summed E-state index contributed by atoms with van der Waals surface area (Å²) in [7, 11) is 0. The maximum atomic E-state index is 2.67. The van der Waals surface area contributed by atoms with Gasteiger partial charge in [-0.25, -0.2) is 0 Å². The van der Waals surface area contributed by atoms with Gasteiger partial charge in [-0.1, -0.05) is 20.3 Å². The summed E-state index contributed by atoms with van der Waals surface area (Å²) < 4.78 is 0. The van der Waals surface area contributed by atoms with E-state index in [1.165, 1.54) is 45.2 Å². The van der Waals surface area contributed by atoms with Crippen LogP contribution >= 0.6 is 0 Å². The van der Waals surface area contributed by atoms with E-state index in [-0.39, 0.29) is 0 Å². The van der Waals surface area contributed by atoms with Crippen LogP contribution in [0.25, 0.3) is 0 Å². The zero-order valence-electron chi connectivity index (χ0n) is 9.55. The van der Waals surface area contributed by atoms with Crippen molar-refractivity contribution in [2.75, 3.05) is 13.1 Å². The maximum Gasteiger partial charge on any atom is 0.00669 e. The van der Waals surface area contributed by atoms with Crippen molar-refractivity contribution in [3.8, 4) is 0 Å². The van der Waals surface area contributed by atoms with Gasteiger partial charge in [0, 0.05) is 6.04 Å². The summed E-state index contributed by atoms with van der Waals surface area (Å²) in [6.45, 7) is 9.70. The van der Waals surface area contributed by atoms with Crippen molar-refractivity contribution in [1.82, 2.24) is 4.90 Å². The largest absolute Gasteiger partial charge is 0.301 e. The van der Waals surface area contributed by atoms with Gasteiger partial charge in [-0.3, -0.25) is 0 Å². The van der Waals surface area contributed by atoms with Crippen molar-refractivity contribution in [2.24, 2.45) is 5.92 Å². The highest BCUT2D eigenvalue weighted by Gasteiger charge is 2.16. The fourth-order valence-corrected chi connectivity index (χ4v) is 2.19. The van der Waals surface area contributed by atoms with Gasteiger partial charge in [-0.15, -0.1) is 0 Å². The summed E-state index contributed by atoms with van der Waals surface area (Å²) in [5.74, 6) is 0.875. The second kappa shape index (κ2) is 5.64. The molecule has 78 valence electrons. The Morgan fingerprint density at radius 1 is 1.31 bits per heavy atom. The molecular weight excluding hydrogens is 158 g/mol.